The van der Waals surface area contributed by atoms with Crippen LogP contribution < -0.4 is 63.3 Å². The Balaban J connectivity index is 0.000000810. The van der Waals surface area contributed by atoms with Gasteiger partial charge in [0.1, 0.15) is 6.09 Å². The SMILES string of the molecule is O=C([O-])N1CCCC1=O.[Rb+]. The Hall–Kier alpha value is 0.745. The molecule has 0 aromatic heterocycles. The zero-order valence-electron chi connectivity index (χ0n) is 5.79. The number of carbonyl (C=O) groups excluding carboxylic acids is 2. The van der Waals surface area contributed by atoms with Gasteiger partial charge in [-0.3, -0.25) is 9.69 Å². The zero-order valence-corrected chi connectivity index (χ0v) is 10.7. The summed E-state index contributed by atoms with van der Waals surface area (Å²) in [6, 6.07) is 0. The van der Waals surface area contributed by atoms with E-state index in [4.69, 9.17) is 0 Å². The number of carbonyl (C=O) groups is 2. The third kappa shape index (κ3) is 2.41. The van der Waals surface area contributed by atoms with E-state index in [0.717, 1.165) is 4.90 Å². The van der Waals surface area contributed by atoms with E-state index in [1.807, 2.05) is 0 Å². The largest absolute Gasteiger partial charge is 1.00 e. The van der Waals surface area contributed by atoms with Crippen molar-refractivity contribution in [2.45, 2.75) is 12.8 Å². The molecule has 1 heterocycles. The third-order valence-corrected chi connectivity index (χ3v) is 1.29. The Kier molecular flexibility index (Phi) is 4.93. The minimum atomic E-state index is -1.38. The molecule has 0 spiro atoms. The Morgan fingerprint density at radius 3 is 2.40 bits per heavy atom. The summed E-state index contributed by atoms with van der Waals surface area (Å²) < 4.78 is 0. The van der Waals surface area contributed by atoms with E-state index in [1.165, 1.54) is 0 Å². The molecule has 1 saturated heterocycles. The number of rotatable bonds is 0. The first kappa shape index (κ1) is 10.7. The molecule has 0 bridgehead atoms. The van der Waals surface area contributed by atoms with Crippen molar-refractivity contribution in [1.29, 1.82) is 0 Å². The smallest absolute Gasteiger partial charge is 0.530 e. The van der Waals surface area contributed by atoms with Crippen LogP contribution in [0.4, 0.5) is 4.79 Å². The number of hydrogen-bond donors (Lipinski definition) is 0. The second kappa shape index (κ2) is 4.59. The summed E-state index contributed by atoms with van der Waals surface area (Å²) in [5, 5.41) is 10.0. The Bertz CT molecular complexity index is 159. The van der Waals surface area contributed by atoms with E-state index in [-0.39, 0.29) is 64.1 Å². The van der Waals surface area contributed by atoms with Gasteiger partial charge < -0.3 is 9.90 Å². The number of imide groups is 1. The second-order valence-electron chi connectivity index (χ2n) is 1.91. The van der Waals surface area contributed by atoms with Crippen LogP contribution in [0.5, 0.6) is 0 Å². The molecule has 0 saturated carbocycles. The first-order valence-corrected chi connectivity index (χ1v) is 2.73. The van der Waals surface area contributed by atoms with Crippen LogP contribution in [0.2, 0.25) is 0 Å². The Morgan fingerprint density at radius 1 is 1.60 bits per heavy atom. The quantitative estimate of drug-likeness (QED) is 0.412. The molecule has 1 aliphatic heterocycles. The maximum Gasteiger partial charge on any atom is 1.00 e. The molecule has 0 radical (unpaired) electrons. The monoisotopic (exact) mass is 213 g/mol. The molecule has 4 nitrogen and oxygen atoms in total. The minimum absolute atomic E-state index is 0. The fourth-order valence-electron chi connectivity index (χ4n) is 0.841. The van der Waals surface area contributed by atoms with Crippen molar-refractivity contribution in [2.24, 2.45) is 0 Å². The number of amides is 2. The third-order valence-electron chi connectivity index (χ3n) is 1.29. The summed E-state index contributed by atoms with van der Waals surface area (Å²) in [7, 11) is 0. The predicted molar refractivity (Wildman–Crippen MR) is 26.3 cm³/mol. The second-order valence-corrected chi connectivity index (χ2v) is 1.91. The summed E-state index contributed by atoms with van der Waals surface area (Å²) in [6.45, 7) is 0.307. The molecule has 1 fully saturated rings. The van der Waals surface area contributed by atoms with Crippen LogP contribution in [0.3, 0.4) is 0 Å². The molecule has 0 aliphatic carbocycles. The van der Waals surface area contributed by atoms with E-state index in [9.17, 15) is 14.7 Å². The van der Waals surface area contributed by atoms with E-state index in [1.54, 1.807) is 0 Å². The Morgan fingerprint density at radius 2 is 2.20 bits per heavy atom. The van der Waals surface area contributed by atoms with Crippen molar-refractivity contribution in [2.75, 3.05) is 6.54 Å². The van der Waals surface area contributed by atoms with Gasteiger partial charge in [0.25, 0.3) is 0 Å². The van der Waals surface area contributed by atoms with E-state index in [0.29, 0.717) is 19.4 Å². The van der Waals surface area contributed by atoms with Gasteiger partial charge in [0.2, 0.25) is 5.91 Å². The molecule has 1 aliphatic rings. The van der Waals surface area contributed by atoms with Gasteiger partial charge in [-0.25, -0.2) is 0 Å². The van der Waals surface area contributed by atoms with E-state index in [2.05, 4.69) is 0 Å². The van der Waals surface area contributed by atoms with Crippen molar-refractivity contribution < 1.29 is 72.9 Å². The molecule has 50 valence electrons. The molecule has 0 N–H and O–H groups in total. The van der Waals surface area contributed by atoms with Gasteiger partial charge in [-0.15, -0.1) is 0 Å². The maximum absolute atomic E-state index is 10.5. The summed E-state index contributed by atoms with van der Waals surface area (Å²) >= 11 is 0. The van der Waals surface area contributed by atoms with Crippen LogP contribution in [0.1, 0.15) is 12.8 Å². The molecule has 10 heavy (non-hydrogen) atoms. The number of carboxylic acid groups (broad SMARTS) is 1. The van der Waals surface area contributed by atoms with Crippen molar-refractivity contribution in [3.05, 3.63) is 0 Å². The summed E-state index contributed by atoms with van der Waals surface area (Å²) in [5.41, 5.74) is 0. The van der Waals surface area contributed by atoms with Gasteiger partial charge >= 0.3 is 58.2 Å². The maximum atomic E-state index is 10.5. The molecule has 2 amide bonds. The van der Waals surface area contributed by atoms with Crippen LogP contribution >= 0.6 is 0 Å². The van der Waals surface area contributed by atoms with Crippen molar-refractivity contribution in [3.8, 4) is 0 Å². The zero-order chi connectivity index (χ0) is 6.85. The molecular formula is C5H6NO3Rb. The normalized spacial score (nSPS) is 16.8. The fraction of sp³-hybridized carbons (Fsp3) is 0.600. The topological polar surface area (TPSA) is 60.4 Å². The summed E-state index contributed by atoms with van der Waals surface area (Å²) in [5.74, 6) is -0.338. The van der Waals surface area contributed by atoms with Gasteiger partial charge in [-0.1, -0.05) is 0 Å². The van der Waals surface area contributed by atoms with Gasteiger partial charge in [0.05, 0.1) is 0 Å². The summed E-state index contributed by atoms with van der Waals surface area (Å²) in [4.78, 5) is 21.3. The van der Waals surface area contributed by atoms with Gasteiger partial charge in [-0.2, -0.15) is 0 Å². The Labute approximate surface area is 107 Å². The van der Waals surface area contributed by atoms with E-state index >= 15 is 0 Å². The van der Waals surface area contributed by atoms with Gasteiger partial charge in [0, 0.05) is 13.0 Å². The molecule has 1 rings (SSSR count). The summed E-state index contributed by atoms with van der Waals surface area (Å²) in [6.07, 6.45) is -0.404. The number of nitrogens with zero attached hydrogens (tertiary/aromatic N) is 1. The van der Waals surface area contributed by atoms with Gasteiger partial charge in [-0.05, 0) is 6.42 Å². The van der Waals surface area contributed by atoms with E-state index < -0.39 is 6.09 Å². The van der Waals surface area contributed by atoms with Gasteiger partial charge in [0.15, 0.2) is 0 Å². The van der Waals surface area contributed by atoms with Crippen LogP contribution in [-0.4, -0.2) is 23.4 Å². The predicted octanol–water partition coefficient (Wildman–Crippen LogP) is -4.04. The average Bonchev–Trinajstić information content (AvgIpc) is 2.13. The van der Waals surface area contributed by atoms with Crippen LogP contribution in [0, 0.1) is 0 Å². The first-order chi connectivity index (χ1) is 4.22. The number of likely N-dealkylation sites (tertiary alicyclic amines) is 1. The van der Waals surface area contributed by atoms with Crippen LogP contribution in [-0.2, 0) is 4.79 Å². The van der Waals surface area contributed by atoms with Crippen molar-refractivity contribution >= 4 is 12.0 Å². The fourth-order valence-corrected chi connectivity index (χ4v) is 0.841. The molecule has 0 atom stereocenters. The minimum Gasteiger partial charge on any atom is -0.530 e. The standard InChI is InChI=1S/C5H7NO3.Rb/c7-4-2-1-3-6(4)5(8)9;/h1-3H2,(H,8,9);/q;+1/p-1. The van der Waals surface area contributed by atoms with Crippen molar-refractivity contribution in [1.82, 2.24) is 4.90 Å². The van der Waals surface area contributed by atoms with Crippen molar-refractivity contribution in [3.63, 3.8) is 0 Å². The average molecular weight is 214 g/mol. The van der Waals surface area contributed by atoms with Crippen LogP contribution in [0.15, 0.2) is 0 Å². The molecular weight excluding hydrogens is 208 g/mol. The molecule has 0 aromatic carbocycles. The number of hydrogen-bond acceptors (Lipinski definition) is 3. The molecule has 0 aromatic rings. The van der Waals surface area contributed by atoms with Crippen LogP contribution in [0.25, 0.3) is 0 Å². The first-order valence-electron chi connectivity index (χ1n) is 2.73. The molecule has 0 unspecified atom stereocenters. The molecule has 5 heteroatoms.